The summed E-state index contributed by atoms with van der Waals surface area (Å²) in [6.07, 6.45) is 5.36. The van der Waals surface area contributed by atoms with Crippen LogP contribution in [0.15, 0.2) is 78.0 Å². The molecule has 170 valence electrons. The number of benzene rings is 2. The van der Waals surface area contributed by atoms with E-state index >= 15 is 0 Å². The molecule has 0 fully saturated rings. The van der Waals surface area contributed by atoms with Crippen LogP contribution in [-0.4, -0.2) is 24.3 Å². The van der Waals surface area contributed by atoms with Crippen LogP contribution in [-0.2, 0) is 7.05 Å². The van der Waals surface area contributed by atoms with Gasteiger partial charge in [0.25, 0.3) is 5.56 Å². The molecular weight excluding hydrogens is 563 g/mol. The van der Waals surface area contributed by atoms with Gasteiger partial charge in [-0.25, -0.2) is 4.98 Å². The summed E-state index contributed by atoms with van der Waals surface area (Å²) in [5.41, 5.74) is 3.24. The smallest absolute Gasteiger partial charge is 0.263 e. The first kappa shape index (κ1) is 22.5. The summed E-state index contributed by atoms with van der Waals surface area (Å²) >= 11 is 8.19. The van der Waals surface area contributed by atoms with Crippen LogP contribution in [0, 0.1) is 3.57 Å². The third-order valence-electron chi connectivity index (χ3n) is 5.62. The molecule has 1 N–H and O–H groups in total. The second-order valence-electron chi connectivity index (χ2n) is 7.92. The van der Waals surface area contributed by atoms with Crippen LogP contribution >= 0.6 is 34.2 Å². The van der Waals surface area contributed by atoms with E-state index in [4.69, 9.17) is 11.6 Å². The van der Waals surface area contributed by atoms with Gasteiger partial charge in [-0.15, -0.1) is 0 Å². The zero-order valence-electron chi connectivity index (χ0n) is 18.4. The van der Waals surface area contributed by atoms with Crippen molar-refractivity contribution in [1.29, 1.82) is 0 Å². The van der Waals surface area contributed by atoms with Crippen molar-refractivity contribution >= 4 is 50.8 Å². The van der Waals surface area contributed by atoms with E-state index in [1.165, 1.54) is 0 Å². The van der Waals surface area contributed by atoms with Gasteiger partial charge < -0.3 is 5.32 Å². The Bertz CT molecular complexity index is 1560. The predicted octanol–water partition coefficient (Wildman–Crippen LogP) is 5.61. The number of halogens is 2. The number of fused-ring (bicyclic) bond motifs is 1. The van der Waals surface area contributed by atoms with Crippen LogP contribution in [0.1, 0.15) is 18.7 Å². The minimum Gasteiger partial charge on any atom is -0.361 e. The predicted molar refractivity (Wildman–Crippen MR) is 144 cm³/mol. The molecule has 5 aromatic rings. The summed E-state index contributed by atoms with van der Waals surface area (Å²) in [5, 5.41) is 9.36. The first-order valence-electron chi connectivity index (χ1n) is 10.6. The number of nitrogens with one attached hydrogen (secondary N) is 1. The number of nitrogens with zero attached hydrogens (tertiary/aromatic N) is 5. The van der Waals surface area contributed by atoms with Crippen molar-refractivity contribution in [2.75, 3.05) is 5.32 Å². The summed E-state index contributed by atoms with van der Waals surface area (Å²) < 4.78 is 4.33. The lowest BCUT2D eigenvalue weighted by Crippen LogP contribution is -2.26. The summed E-state index contributed by atoms with van der Waals surface area (Å²) in [4.78, 5) is 22.4. The fraction of sp³-hybridized carbons (Fsp3) is 0.120. The Hall–Kier alpha value is -3.24. The number of aromatic nitrogens is 5. The Morgan fingerprint density at radius 3 is 2.62 bits per heavy atom. The molecule has 0 saturated heterocycles. The van der Waals surface area contributed by atoms with Crippen molar-refractivity contribution < 1.29 is 0 Å². The summed E-state index contributed by atoms with van der Waals surface area (Å²) in [5.74, 6) is 0.615. The Labute approximate surface area is 214 Å². The highest BCUT2D eigenvalue weighted by Gasteiger charge is 2.20. The monoisotopic (exact) mass is 582 g/mol. The number of aryl methyl sites for hydroxylation is 1. The molecule has 0 bridgehead atoms. The van der Waals surface area contributed by atoms with Gasteiger partial charge in [-0.2, -0.15) is 10.1 Å². The molecule has 3 aromatic heterocycles. The zero-order chi connectivity index (χ0) is 23.8. The van der Waals surface area contributed by atoms with Gasteiger partial charge in [-0.1, -0.05) is 36.4 Å². The number of rotatable bonds is 5. The quantitative estimate of drug-likeness (QED) is 0.215. The second-order valence-corrected chi connectivity index (χ2v) is 9.42. The lowest BCUT2D eigenvalue weighted by atomic mass is 9.99. The maximum atomic E-state index is 14.1. The van der Waals surface area contributed by atoms with Crippen molar-refractivity contribution in [2.24, 2.45) is 7.05 Å². The highest BCUT2D eigenvalue weighted by Crippen LogP contribution is 2.30. The highest BCUT2D eigenvalue weighted by molar-refractivity contribution is 14.1. The first-order valence-corrected chi connectivity index (χ1v) is 12.1. The highest BCUT2D eigenvalue weighted by atomic mass is 127. The first-order chi connectivity index (χ1) is 16.4. The van der Waals surface area contributed by atoms with E-state index in [0.717, 1.165) is 31.5 Å². The van der Waals surface area contributed by atoms with Crippen molar-refractivity contribution in [3.05, 3.63) is 98.1 Å². The Morgan fingerprint density at radius 1 is 1.09 bits per heavy atom. The minimum atomic E-state index is -0.251. The van der Waals surface area contributed by atoms with Gasteiger partial charge in [0.2, 0.25) is 5.28 Å². The molecular formula is C25H20ClIN6O. The maximum Gasteiger partial charge on any atom is 0.263 e. The van der Waals surface area contributed by atoms with Gasteiger partial charge in [0, 0.05) is 36.4 Å². The van der Waals surface area contributed by atoms with E-state index in [0.29, 0.717) is 11.2 Å². The molecule has 2 aromatic carbocycles. The third kappa shape index (κ3) is 4.19. The molecule has 0 saturated carbocycles. The van der Waals surface area contributed by atoms with Crippen LogP contribution in [0.25, 0.3) is 27.6 Å². The molecule has 34 heavy (non-hydrogen) atoms. The number of hydrogen-bond donors (Lipinski definition) is 1. The van der Waals surface area contributed by atoms with Gasteiger partial charge in [-0.05, 0) is 70.3 Å². The largest absolute Gasteiger partial charge is 0.361 e. The van der Waals surface area contributed by atoms with Crippen molar-refractivity contribution in [2.45, 2.75) is 13.0 Å². The molecule has 0 aliphatic carbocycles. The molecule has 1 unspecified atom stereocenters. The average Bonchev–Trinajstić information content (AvgIpc) is 3.27. The topological polar surface area (TPSA) is 77.6 Å². The second kappa shape index (κ2) is 9.19. The van der Waals surface area contributed by atoms with E-state index in [2.05, 4.69) is 49.0 Å². The molecule has 0 aliphatic heterocycles. The van der Waals surface area contributed by atoms with Crippen LogP contribution < -0.4 is 10.9 Å². The average molecular weight is 583 g/mol. The third-order valence-corrected chi connectivity index (χ3v) is 6.59. The lowest BCUT2D eigenvalue weighted by Gasteiger charge is -2.22. The zero-order valence-corrected chi connectivity index (χ0v) is 21.3. The normalized spacial score (nSPS) is 12.1. The Morgan fingerprint density at radius 2 is 1.88 bits per heavy atom. The van der Waals surface area contributed by atoms with Crippen LogP contribution in [0.4, 0.5) is 5.82 Å². The van der Waals surface area contributed by atoms with E-state index < -0.39 is 0 Å². The van der Waals surface area contributed by atoms with Gasteiger partial charge in [0.1, 0.15) is 5.82 Å². The van der Waals surface area contributed by atoms with Crippen LogP contribution in [0.2, 0.25) is 5.28 Å². The summed E-state index contributed by atoms with van der Waals surface area (Å²) in [6.45, 7) is 2.00. The molecule has 0 amide bonds. The molecule has 0 aliphatic rings. The SMILES string of the molecule is CC(Nc1nc(Cl)ncc1I)c1cc2cccc(-c3cnn(C)c3)c2c(=O)n1-c1ccccc1. The molecule has 0 radical (unpaired) electrons. The standard InChI is InChI=1S/C25H20ClIN6O/c1-15(30-23-20(27)13-28-25(26)31-23)21-11-16-7-6-10-19(17-12-29-32(2)14-17)22(16)24(34)33(21)18-8-4-3-5-9-18/h3-15H,1-2H3,(H,28,30,31). The maximum absolute atomic E-state index is 14.1. The molecule has 3 heterocycles. The van der Waals surface area contributed by atoms with Gasteiger partial charge >= 0.3 is 0 Å². The van der Waals surface area contributed by atoms with E-state index in [9.17, 15) is 4.79 Å². The summed E-state index contributed by atoms with van der Waals surface area (Å²) in [6, 6.07) is 17.3. The molecule has 5 rings (SSSR count). The molecule has 9 heteroatoms. The Balaban J connectivity index is 1.75. The van der Waals surface area contributed by atoms with Crippen LogP contribution in [0.5, 0.6) is 0 Å². The van der Waals surface area contributed by atoms with E-state index in [1.807, 2.05) is 68.7 Å². The van der Waals surface area contributed by atoms with Crippen molar-refractivity contribution in [1.82, 2.24) is 24.3 Å². The number of anilines is 1. The summed E-state index contributed by atoms with van der Waals surface area (Å²) in [7, 11) is 1.86. The van der Waals surface area contributed by atoms with E-state index in [-0.39, 0.29) is 16.9 Å². The fourth-order valence-electron chi connectivity index (χ4n) is 4.07. The molecule has 1 atom stereocenters. The fourth-order valence-corrected chi connectivity index (χ4v) is 4.62. The molecule has 7 nitrogen and oxygen atoms in total. The van der Waals surface area contributed by atoms with E-state index in [1.54, 1.807) is 21.6 Å². The van der Waals surface area contributed by atoms with Gasteiger partial charge in [0.05, 0.1) is 21.2 Å². The lowest BCUT2D eigenvalue weighted by molar-refractivity contribution is 0.768. The Kier molecular flexibility index (Phi) is 6.09. The number of pyridine rings is 1. The minimum absolute atomic E-state index is 0.0952. The van der Waals surface area contributed by atoms with Crippen LogP contribution in [0.3, 0.4) is 0 Å². The number of hydrogen-bond acceptors (Lipinski definition) is 5. The van der Waals surface area contributed by atoms with Crippen molar-refractivity contribution in [3.63, 3.8) is 0 Å². The van der Waals surface area contributed by atoms with Gasteiger partial charge in [0.15, 0.2) is 0 Å². The van der Waals surface area contributed by atoms with Gasteiger partial charge in [-0.3, -0.25) is 14.0 Å². The number of para-hydroxylation sites is 1. The molecule has 0 spiro atoms. The van der Waals surface area contributed by atoms with Crippen molar-refractivity contribution in [3.8, 4) is 16.8 Å².